The highest BCUT2D eigenvalue weighted by atomic mass is 79.9. The van der Waals surface area contributed by atoms with Gasteiger partial charge in [0.2, 0.25) is 0 Å². The third kappa shape index (κ3) is 4.43. The van der Waals surface area contributed by atoms with Crippen molar-refractivity contribution in [3.8, 4) is 0 Å². The van der Waals surface area contributed by atoms with Gasteiger partial charge >= 0.3 is 0 Å². The number of hydrogen-bond acceptors (Lipinski definition) is 3. The molecule has 84 valence electrons. The summed E-state index contributed by atoms with van der Waals surface area (Å²) >= 11 is 5.32. The summed E-state index contributed by atoms with van der Waals surface area (Å²) in [5.74, 6) is 2.82. The number of aryl methyl sites for hydroxylation is 1. The van der Waals surface area contributed by atoms with Gasteiger partial charge in [-0.2, -0.15) is 11.8 Å². The van der Waals surface area contributed by atoms with Crippen molar-refractivity contribution < 1.29 is 0 Å². The fourth-order valence-electron chi connectivity index (χ4n) is 1.26. The highest BCUT2D eigenvalue weighted by Crippen LogP contribution is 2.17. The molecular formula is C11H17BrN2S. The van der Waals surface area contributed by atoms with E-state index in [1.54, 1.807) is 0 Å². The summed E-state index contributed by atoms with van der Waals surface area (Å²) in [4.78, 5) is 4.31. The van der Waals surface area contributed by atoms with Crippen molar-refractivity contribution in [3.05, 3.63) is 22.3 Å². The van der Waals surface area contributed by atoms with E-state index < -0.39 is 0 Å². The van der Waals surface area contributed by atoms with Crippen LogP contribution in [0.5, 0.6) is 0 Å². The standard InChI is InChI=1S/C11H17BrN2S/c1-8(7-15-3)5-13-11-4-9(2)10(12)6-14-11/h4,6,8H,5,7H2,1-3H3,(H,13,14). The summed E-state index contributed by atoms with van der Waals surface area (Å²) in [6.45, 7) is 5.30. The molecule has 0 aliphatic heterocycles. The molecule has 0 aliphatic carbocycles. The highest BCUT2D eigenvalue weighted by molar-refractivity contribution is 9.10. The smallest absolute Gasteiger partial charge is 0.126 e. The Hall–Kier alpha value is -0.220. The summed E-state index contributed by atoms with van der Waals surface area (Å²) < 4.78 is 1.06. The number of rotatable bonds is 5. The number of pyridine rings is 1. The van der Waals surface area contributed by atoms with Crippen LogP contribution in [0, 0.1) is 12.8 Å². The molecule has 15 heavy (non-hydrogen) atoms. The molecule has 0 bridgehead atoms. The summed E-state index contributed by atoms with van der Waals surface area (Å²) in [6, 6.07) is 2.07. The Morgan fingerprint density at radius 2 is 2.33 bits per heavy atom. The molecule has 0 saturated carbocycles. The van der Waals surface area contributed by atoms with Gasteiger partial charge < -0.3 is 5.32 Å². The van der Waals surface area contributed by atoms with Crippen molar-refractivity contribution in [1.82, 2.24) is 4.98 Å². The van der Waals surface area contributed by atoms with E-state index in [1.165, 1.54) is 11.3 Å². The van der Waals surface area contributed by atoms with Crippen LogP contribution >= 0.6 is 27.7 Å². The fraction of sp³-hybridized carbons (Fsp3) is 0.545. The molecule has 0 saturated heterocycles. The van der Waals surface area contributed by atoms with Crippen molar-refractivity contribution in [2.45, 2.75) is 13.8 Å². The van der Waals surface area contributed by atoms with Crippen LogP contribution in [0.2, 0.25) is 0 Å². The predicted molar refractivity (Wildman–Crippen MR) is 72.7 cm³/mol. The number of halogens is 1. The topological polar surface area (TPSA) is 24.9 Å². The number of aromatic nitrogens is 1. The maximum absolute atomic E-state index is 4.31. The number of nitrogens with zero attached hydrogens (tertiary/aromatic N) is 1. The summed E-state index contributed by atoms with van der Waals surface area (Å²) in [5.41, 5.74) is 1.21. The van der Waals surface area contributed by atoms with Crippen LogP contribution in [0.1, 0.15) is 12.5 Å². The molecule has 0 aliphatic rings. The third-order valence-corrected chi connectivity index (χ3v) is 3.86. The largest absolute Gasteiger partial charge is 0.370 e. The Balaban J connectivity index is 2.47. The average Bonchev–Trinajstić information content (AvgIpc) is 2.20. The zero-order chi connectivity index (χ0) is 11.3. The molecule has 1 aromatic heterocycles. The van der Waals surface area contributed by atoms with Crippen LogP contribution in [-0.2, 0) is 0 Å². The maximum Gasteiger partial charge on any atom is 0.126 e. The quantitative estimate of drug-likeness (QED) is 0.897. The van der Waals surface area contributed by atoms with Gasteiger partial charge in [0.1, 0.15) is 5.82 Å². The lowest BCUT2D eigenvalue weighted by Crippen LogP contribution is -2.14. The molecule has 1 atom stereocenters. The highest BCUT2D eigenvalue weighted by Gasteiger charge is 2.02. The molecule has 0 radical (unpaired) electrons. The van der Waals surface area contributed by atoms with Crippen molar-refractivity contribution >= 4 is 33.5 Å². The van der Waals surface area contributed by atoms with E-state index in [2.05, 4.69) is 52.4 Å². The predicted octanol–water partition coefficient (Wildman–Crippen LogP) is 3.56. The van der Waals surface area contributed by atoms with Crippen molar-refractivity contribution in [1.29, 1.82) is 0 Å². The second kappa shape index (κ2) is 6.38. The van der Waals surface area contributed by atoms with E-state index in [0.717, 1.165) is 16.8 Å². The molecule has 4 heteroatoms. The lowest BCUT2D eigenvalue weighted by molar-refractivity contribution is 0.699. The first-order valence-electron chi connectivity index (χ1n) is 4.98. The van der Waals surface area contributed by atoms with Gasteiger partial charge in [0.05, 0.1) is 0 Å². The second-order valence-electron chi connectivity index (χ2n) is 3.76. The SMILES string of the molecule is CSCC(C)CNc1cc(C)c(Br)cn1. The van der Waals surface area contributed by atoms with Gasteiger partial charge in [0.15, 0.2) is 0 Å². The van der Waals surface area contributed by atoms with E-state index >= 15 is 0 Å². The zero-order valence-electron chi connectivity index (χ0n) is 9.38. The molecule has 1 N–H and O–H groups in total. The normalized spacial score (nSPS) is 12.5. The van der Waals surface area contributed by atoms with Gasteiger partial charge in [-0.25, -0.2) is 4.98 Å². The van der Waals surface area contributed by atoms with E-state index in [9.17, 15) is 0 Å². The Morgan fingerprint density at radius 3 is 2.93 bits per heavy atom. The lowest BCUT2D eigenvalue weighted by Gasteiger charge is -2.12. The van der Waals surface area contributed by atoms with Gasteiger partial charge in [-0.1, -0.05) is 6.92 Å². The van der Waals surface area contributed by atoms with Crippen LogP contribution in [0.15, 0.2) is 16.7 Å². The van der Waals surface area contributed by atoms with E-state index in [4.69, 9.17) is 0 Å². The molecule has 0 fully saturated rings. The summed E-state index contributed by atoms with van der Waals surface area (Å²) in [5, 5.41) is 3.35. The van der Waals surface area contributed by atoms with Crippen molar-refractivity contribution in [2.75, 3.05) is 23.9 Å². The van der Waals surface area contributed by atoms with E-state index in [0.29, 0.717) is 5.92 Å². The first-order chi connectivity index (χ1) is 7.13. The second-order valence-corrected chi connectivity index (χ2v) is 5.53. The van der Waals surface area contributed by atoms with Gasteiger partial charge in [0.25, 0.3) is 0 Å². The minimum atomic E-state index is 0.672. The molecular weight excluding hydrogens is 272 g/mol. The lowest BCUT2D eigenvalue weighted by atomic mass is 10.2. The Bertz CT molecular complexity index is 317. The molecule has 0 amide bonds. The van der Waals surface area contributed by atoms with Gasteiger partial charge in [-0.05, 0) is 52.4 Å². The summed E-state index contributed by atoms with van der Waals surface area (Å²) in [7, 11) is 0. The number of nitrogens with one attached hydrogen (secondary N) is 1. The van der Waals surface area contributed by atoms with Crippen LogP contribution in [-0.4, -0.2) is 23.5 Å². The molecule has 0 aromatic carbocycles. The van der Waals surface area contributed by atoms with Gasteiger partial charge in [0, 0.05) is 17.2 Å². The minimum Gasteiger partial charge on any atom is -0.370 e. The van der Waals surface area contributed by atoms with Crippen LogP contribution in [0.3, 0.4) is 0 Å². The number of thioether (sulfide) groups is 1. The van der Waals surface area contributed by atoms with Crippen LogP contribution in [0.25, 0.3) is 0 Å². The third-order valence-electron chi connectivity index (χ3n) is 2.13. The minimum absolute atomic E-state index is 0.672. The zero-order valence-corrected chi connectivity index (χ0v) is 11.8. The number of anilines is 1. The number of hydrogen-bond donors (Lipinski definition) is 1. The monoisotopic (exact) mass is 288 g/mol. The van der Waals surface area contributed by atoms with Gasteiger partial charge in [-0.3, -0.25) is 0 Å². The van der Waals surface area contributed by atoms with Crippen molar-refractivity contribution in [3.63, 3.8) is 0 Å². The first-order valence-corrected chi connectivity index (χ1v) is 7.17. The average molecular weight is 289 g/mol. The molecule has 1 heterocycles. The molecule has 1 aromatic rings. The van der Waals surface area contributed by atoms with Crippen LogP contribution in [0.4, 0.5) is 5.82 Å². The molecule has 2 nitrogen and oxygen atoms in total. The Morgan fingerprint density at radius 1 is 1.60 bits per heavy atom. The van der Waals surface area contributed by atoms with Gasteiger partial charge in [-0.15, -0.1) is 0 Å². The summed E-state index contributed by atoms with van der Waals surface area (Å²) in [6.07, 6.45) is 3.98. The fourth-order valence-corrected chi connectivity index (χ4v) is 2.16. The first kappa shape index (κ1) is 12.8. The van der Waals surface area contributed by atoms with E-state index in [1.807, 2.05) is 18.0 Å². The Labute approximate surface area is 104 Å². The molecule has 1 rings (SSSR count). The maximum atomic E-state index is 4.31. The molecule has 1 unspecified atom stereocenters. The molecule has 0 spiro atoms. The van der Waals surface area contributed by atoms with E-state index in [-0.39, 0.29) is 0 Å². The van der Waals surface area contributed by atoms with Crippen LogP contribution < -0.4 is 5.32 Å². The van der Waals surface area contributed by atoms with Crippen molar-refractivity contribution in [2.24, 2.45) is 5.92 Å². The Kier molecular flexibility index (Phi) is 5.47.